The minimum Gasteiger partial charge on any atom is -0.318 e. The second-order valence-corrected chi connectivity index (χ2v) is 10.8. The first kappa shape index (κ1) is 24.7. The number of carbonyl (C=O) groups excluding carboxylic acids is 1. The van der Waals surface area contributed by atoms with Gasteiger partial charge in [-0.1, -0.05) is 39.7 Å². The Morgan fingerprint density at radius 2 is 1.85 bits per heavy atom. The number of hydrogen-bond donors (Lipinski definition) is 1. The quantitative estimate of drug-likeness (QED) is 0.363. The summed E-state index contributed by atoms with van der Waals surface area (Å²) in [6.45, 7) is 7.77. The van der Waals surface area contributed by atoms with E-state index in [0.29, 0.717) is 10.2 Å². The monoisotopic (exact) mass is 530 g/mol. The van der Waals surface area contributed by atoms with E-state index in [2.05, 4.69) is 63.1 Å². The molecule has 33 heavy (non-hydrogen) atoms. The highest BCUT2D eigenvalue weighted by Crippen LogP contribution is 2.24. The minimum atomic E-state index is -3.66. The molecule has 1 heterocycles. The van der Waals surface area contributed by atoms with Crippen LogP contribution in [-0.4, -0.2) is 37.9 Å². The van der Waals surface area contributed by atoms with Gasteiger partial charge >= 0.3 is 0 Å². The molecular weight excluding hydrogens is 504 g/mol. The van der Waals surface area contributed by atoms with Crippen molar-refractivity contribution >= 4 is 43.8 Å². The lowest BCUT2D eigenvalue weighted by atomic mass is 10.1. The maximum atomic E-state index is 12.5. The molecule has 0 aliphatic carbocycles. The molecule has 2 aromatic carbocycles. The zero-order valence-electron chi connectivity index (χ0n) is 19.3. The SMILES string of the molecule is Cc1ccc(-n2c(C)cc(/C=N/NC(=O)CN(c3cccc(Br)c3)S(C)(=O)=O)c2C)c(C)c1. The van der Waals surface area contributed by atoms with E-state index in [0.717, 1.165) is 33.2 Å². The van der Waals surface area contributed by atoms with E-state index in [1.54, 1.807) is 30.5 Å². The van der Waals surface area contributed by atoms with Crippen LogP contribution in [0, 0.1) is 27.7 Å². The van der Waals surface area contributed by atoms with Crippen molar-refractivity contribution in [3.8, 4) is 5.69 Å². The fraction of sp³-hybridized carbons (Fsp3) is 0.250. The number of halogens is 1. The van der Waals surface area contributed by atoms with Crippen molar-refractivity contribution in [2.45, 2.75) is 27.7 Å². The number of benzene rings is 2. The summed E-state index contributed by atoms with van der Waals surface area (Å²) in [5.41, 5.74) is 9.19. The Bertz CT molecular complexity index is 1330. The van der Waals surface area contributed by atoms with Gasteiger partial charge in [-0.05, 0) is 63.6 Å². The Hall–Kier alpha value is -2.91. The average molecular weight is 531 g/mol. The summed E-state index contributed by atoms with van der Waals surface area (Å²) in [4.78, 5) is 12.5. The van der Waals surface area contributed by atoms with Crippen LogP contribution in [0.25, 0.3) is 5.69 Å². The summed E-state index contributed by atoms with van der Waals surface area (Å²) in [6.07, 6.45) is 2.64. The van der Waals surface area contributed by atoms with Crippen LogP contribution in [0.5, 0.6) is 0 Å². The molecule has 0 fully saturated rings. The second-order valence-electron chi connectivity index (χ2n) is 7.99. The fourth-order valence-corrected chi connectivity index (χ4v) is 4.95. The third-order valence-electron chi connectivity index (χ3n) is 5.24. The lowest BCUT2D eigenvalue weighted by molar-refractivity contribution is -0.119. The summed E-state index contributed by atoms with van der Waals surface area (Å²) in [6, 6.07) is 15.1. The van der Waals surface area contributed by atoms with Gasteiger partial charge in [-0.2, -0.15) is 5.10 Å². The van der Waals surface area contributed by atoms with Crippen molar-refractivity contribution in [3.63, 3.8) is 0 Å². The Morgan fingerprint density at radius 1 is 1.12 bits per heavy atom. The maximum Gasteiger partial charge on any atom is 0.260 e. The van der Waals surface area contributed by atoms with Gasteiger partial charge in [0.05, 0.1) is 18.2 Å². The van der Waals surface area contributed by atoms with Crippen molar-refractivity contribution in [1.29, 1.82) is 0 Å². The van der Waals surface area contributed by atoms with E-state index in [-0.39, 0.29) is 6.54 Å². The molecule has 7 nitrogen and oxygen atoms in total. The van der Waals surface area contributed by atoms with Gasteiger partial charge in [0.25, 0.3) is 5.91 Å². The first-order valence-corrected chi connectivity index (χ1v) is 12.9. The van der Waals surface area contributed by atoms with Gasteiger partial charge in [-0.15, -0.1) is 0 Å². The third-order valence-corrected chi connectivity index (χ3v) is 6.87. The van der Waals surface area contributed by atoms with Crippen LogP contribution in [0.1, 0.15) is 28.1 Å². The van der Waals surface area contributed by atoms with Gasteiger partial charge in [0.1, 0.15) is 6.54 Å². The van der Waals surface area contributed by atoms with Crippen LogP contribution in [0.15, 0.2) is 58.1 Å². The standard InChI is InChI=1S/C24H27BrN4O3S/c1-16-9-10-23(17(2)11-16)29-18(3)12-20(19(29)4)14-26-27-24(30)15-28(33(5,31)32)22-8-6-7-21(25)13-22/h6-14H,15H2,1-5H3,(H,27,30)/b26-14+. The predicted octanol–water partition coefficient (Wildman–Crippen LogP) is 4.39. The van der Waals surface area contributed by atoms with Crippen molar-refractivity contribution in [2.75, 3.05) is 17.1 Å². The largest absolute Gasteiger partial charge is 0.318 e. The van der Waals surface area contributed by atoms with Crippen LogP contribution in [-0.2, 0) is 14.8 Å². The van der Waals surface area contributed by atoms with Gasteiger partial charge < -0.3 is 4.57 Å². The molecule has 1 amide bonds. The molecule has 0 radical (unpaired) electrons. The van der Waals surface area contributed by atoms with E-state index in [1.807, 2.05) is 19.9 Å². The minimum absolute atomic E-state index is 0.381. The Kier molecular flexibility index (Phi) is 7.44. The van der Waals surface area contributed by atoms with Crippen molar-refractivity contribution in [3.05, 3.63) is 81.1 Å². The third kappa shape index (κ3) is 5.91. The van der Waals surface area contributed by atoms with Gasteiger partial charge in [-0.3, -0.25) is 9.10 Å². The Morgan fingerprint density at radius 3 is 2.48 bits per heavy atom. The van der Waals surface area contributed by atoms with Crippen molar-refractivity contribution in [2.24, 2.45) is 5.10 Å². The first-order chi connectivity index (χ1) is 15.5. The number of sulfonamides is 1. The molecule has 0 bridgehead atoms. The number of aromatic nitrogens is 1. The highest BCUT2D eigenvalue weighted by Gasteiger charge is 2.21. The molecule has 1 aromatic heterocycles. The lowest BCUT2D eigenvalue weighted by Gasteiger charge is -2.21. The Balaban J connectivity index is 1.76. The molecule has 0 saturated carbocycles. The molecule has 0 saturated heterocycles. The van der Waals surface area contributed by atoms with Crippen LogP contribution >= 0.6 is 15.9 Å². The molecule has 3 rings (SSSR count). The molecule has 1 N–H and O–H groups in total. The number of aryl methyl sites for hydroxylation is 3. The molecule has 3 aromatic rings. The number of nitrogens with zero attached hydrogens (tertiary/aromatic N) is 3. The highest BCUT2D eigenvalue weighted by molar-refractivity contribution is 9.10. The van der Waals surface area contributed by atoms with E-state index in [4.69, 9.17) is 0 Å². The topological polar surface area (TPSA) is 83.8 Å². The van der Waals surface area contributed by atoms with Crippen molar-refractivity contribution < 1.29 is 13.2 Å². The zero-order chi connectivity index (χ0) is 24.3. The zero-order valence-corrected chi connectivity index (χ0v) is 21.7. The summed E-state index contributed by atoms with van der Waals surface area (Å²) < 4.78 is 28.4. The number of anilines is 1. The smallest absolute Gasteiger partial charge is 0.260 e. The molecule has 9 heteroatoms. The fourth-order valence-electron chi connectivity index (χ4n) is 3.72. The molecule has 0 spiro atoms. The number of carbonyl (C=O) groups is 1. The Labute approximate surface area is 203 Å². The number of rotatable bonds is 7. The van der Waals surface area contributed by atoms with E-state index >= 15 is 0 Å². The van der Waals surface area contributed by atoms with Crippen LogP contribution < -0.4 is 9.73 Å². The van der Waals surface area contributed by atoms with Gasteiger partial charge in [0, 0.05) is 27.1 Å². The second kappa shape index (κ2) is 9.93. The van der Waals surface area contributed by atoms with Gasteiger partial charge in [-0.25, -0.2) is 13.8 Å². The summed E-state index contributed by atoms with van der Waals surface area (Å²) in [5.74, 6) is -0.542. The summed E-state index contributed by atoms with van der Waals surface area (Å²) in [7, 11) is -3.66. The summed E-state index contributed by atoms with van der Waals surface area (Å²) in [5, 5.41) is 4.06. The molecule has 0 unspecified atom stereocenters. The van der Waals surface area contributed by atoms with E-state index in [9.17, 15) is 13.2 Å². The van der Waals surface area contributed by atoms with Crippen molar-refractivity contribution in [1.82, 2.24) is 9.99 Å². The number of hydrazone groups is 1. The summed E-state index contributed by atoms with van der Waals surface area (Å²) >= 11 is 3.32. The van der Waals surface area contributed by atoms with Crippen LogP contribution in [0.3, 0.4) is 0 Å². The predicted molar refractivity (Wildman–Crippen MR) is 137 cm³/mol. The highest BCUT2D eigenvalue weighted by atomic mass is 79.9. The van der Waals surface area contributed by atoms with Gasteiger partial charge in [0.15, 0.2) is 0 Å². The molecule has 0 aliphatic heterocycles. The van der Waals surface area contributed by atoms with Gasteiger partial charge in [0.2, 0.25) is 10.0 Å². The van der Waals surface area contributed by atoms with Crippen LogP contribution in [0.2, 0.25) is 0 Å². The molecule has 0 atom stereocenters. The number of hydrogen-bond acceptors (Lipinski definition) is 4. The molecular formula is C24H27BrN4O3S. The van der Waals surface area contributed by atoms with Crippen LogP contribution in [0.4, 0.5) is 5.69 Å². The average Bonchev–Trinajstić information content (AvgIpc) is 2.99. The first-order valence-electron chi connectivity index (χ1n) is 10.3. The van der Waals surface area contributed by atoms with E-state index in [1.165, 1.54) is 11.1 Å². The normalized spacial score (nSPS) is 11.7. The number of nitrogens with one attached hydrogen (secondary N) is 1. The number of amides is 1. The molecule has 0 aliphatic rings. The van der Waals surface area contributed by atoms with E-state index < -0.39 is 15.9 Å². The maximum absolute atomic E-state index is 12.5. The molecule has 174 valence electrons. The lowest BCUT2D eigenvalue weighted by Crippen LogP contribution is -2.39.